The molecule has 34 heavy (non-hydrogen) atoms. The number of hydrogen-bond donors (Lipinski definition) is 9. The molecule has 0 spiro atoms. The topological polar surface area (TPSA) is 241 Å². The predicted molar refractivity (Wildman–Crippen MR) is 119 cm³/mol. The van der Waals surface area contributed by atoms with Crippen LogP contribution in [0.1, 0.15) is 36.1 Å². The van der Waals surface area contributed by atoms with Gasteiger partial charge in [0.1, 0.15) is 19.9 Å². The van der Waals surface area contributed by atoms with Crippen LogP contribution in [0.2, 0.25) is 0 Å². The van der Waals surface area contributed by atoms with Gasteiger partial charge in [0.05, 0.1) is 11.1 Å². The molecule has 0 fully saturated rings. The molecule has 0 saturated heterocycles. The minimum atomic E-state index is -1.88. The highest BCUT2D eigenvalue weighted by molar-refractivity contribution is 6.37. The maximum absolute atomic E-state index is 11.9. The van der Waals surface area contributed by atoms with E-state index in [4.69, 9.17) is 0 Å². The van der Waals surface area contributed by atoms with Crippen LogP contribution in [0.25, 0.3) is 0 Å². The Bertz CT molecular complexity index is 1120. The highest BCUT2D eigenvalue weighted by Crippen LogP contribution is 2.57. The molecule has 2 unspecified atom stereocenters. The van der Waals surface area contributed by atoms with Crippen molar-refractivity contribution in [1.82, 2.24) is 0 Å². The number of phenols is 9. The fourth-order valence-corrected chi connectivity index (χ4v) is 3.84. The average Bonchev–Trinajstić information content (AvgIpc) is 2.84. The Balaban J connectivity index is 2.25. The fraction of sp³-hybridized carbons (Fsp3) is 0.200. The van der Waals surface area contributed by atoms with Crippen molar-refractivity contribution in [2.45, 2.75) is 24.9 Å². The van der Waals surface area contributed by atoms with E-state index < -0.39 is 75.0 Å². The SMILES string of the molecule is Bc1c(O)c(O)c(C(N=O)C2=CCCC=C2C(N=O)c2c(O)c(O)c(O)c(O)c2O)c(O)c1O. The Morgan fingerprint density at radius 2 is 0.853 bits per heavy atom. The molecule has 13 nitrogen and oxygen atoms in total. The number of aromatic hydroxyl groups is 9. The highest BCUT2D eigenvalue weighted by Gasteiger charge is 2.38. The van der Waals surface area contributed by atoms with Crippen LogP contribution in [-0.4, -0.2) is 53.8 Å². The lowest BCUT2D eigenvalue weighted by molar-refractivity contribution is 0.322. The Kier molecular flexibility index (Phi) is 6.17. The minimum absolute atomic E-state index is 0.162. The molecule has 0 aliphatic heterocycles. The minimum Gasteiger partial charge on any atom is -0.505 e. The molecule has 1 aliphatic rings. The van der Waals surface area contributed by atoms with Crippen LogP contribution in [0.4, 0.5) is 0 Å². The molecule has 14 heteroatoms. The summed E-state index contributed by atoms with van der Waals surface area (Å²) in [4.78, 5) is 23.7. The fourth-order valence-electron chi connectivity index (χ4n) is 3.84. The van der Waals surface area contributed by atoms with Crippen molar-refractivity contribution >= 4 is 13.3 Å². The van der Waals surface area contributed by atoms with Gasteiger partial charge in [-0.05, 0) is 24.0 Å². The summed E-state index contributed by atoms with van der Waals surface area (Å²) >= 11 is 0. The first-order valence-corrected chi connectivity index (χ1v) is 9.69. The first kappa shape index (κ1) is 24.0. The third-order valence-electron chi connectivity index (χ3n) is 5.65. The second-order valence-electron chi connectivity index (χ2n) is 7.50. The molecule has 0 aromatic heterocycles. The summed E-state index contributed by atoms with van der Waals surface area (Å²) in [5.41, 5.74) is -2.13. The van der Waals surface area contributed by atoms with Gasteiger partial charge in [-0.15, -0.1) is 9.81 Å². The molecular formula is C20H19BN2O11. The first-order valence-electron chi connectivity index (χ1n) is 9.69. The first-order chi connectivity index (χ1) is 16.0. The smallest absolute Gasteiger partial charge is 0.208 e. The number of benzene rings is 2. The van der Waals surface area contributed by atoms with Crippen LogP contribution >= 0.6 is 0 Å². The predicted octanol–water partition coefficient (Wildman–Crippen LogP) is 1.26. The van der Waals surface area contributed by atoms with Gasteiger partial charge in [0.2, 0.25) is 17.2 Å². The monoisotopic (exact) mass is 474 g/mol. The standard InChI is InChI=1S/C20H19BN2O11/c21-9-16(28)12(24)7(13(25)17(9)29)10(22-33)5-3-1-2-4-6(5)11(23-34)8-14(26)18(30)20(32)19(31)15(8)27/h3-4,10-11,24-32H,1-2,21H2. The van der Waals surface area contributed by atoms with Crippen molar-refractivity contribution in [3.63, 3.8) is 0 Å². The summed E-state index contributed by atoms with van der Waals surface area (Å²) in [6.45, 7) is 0. The summed E-state index contributed by atoms with van der Waals surface area (Å²) in [5.74, 6) is -9.75. The van der Waals surface area contributed by atoms with Gasteiger partial charge in [-0.3, -0.25) is 0 Å². The average molecular weight is 474 g/mol. The molecule has 0 amide bonds. The Hall–Kier alpha value is -4.62. The van der Waals surface area contributed by atoms with Gasteiger partial charge in [0, 0.05) is 5.46 Å². The van der Waals surface area contributed by atoms with Crippen molar-refractivity contribution < 1.29 is 46.0 Å². The molecule has 3 rings (SSSR count). The summed E-state index contributed by atoms with van der Waals surface area (Å²) in [7, 11) is 1.18. The van der Waals surface area contributed by atoms with Crippen LogP contribution in [0.3, 0.4) is 0 Å². The third-order valence-corrected chi connectivity index (χ3v) is 5.65. The van der Waals surface area contributed by atoms with Crippen molar-refractivity contribution in [2.24, 2.45) is 10.4 Å². The quantitative estimate of drug-likeness (QED) is 0.125. The summed E-state index contributed by atoms with van der Waals surface area (Å²) in [6.07, 6.45) is 3.27. The van der Waals surface area contributed by atoms with Crippen LogP contribution in [0.15, 0.2) is 33.7 Å². The van der Waals surface area contributed by atoms with E-state index in [1.165, 1.54) is 20.0 Å². The number of phenolic OH excluding ortho intramolecular Hbond substituents is 9. The van der Waals surface area contributed by atoms with Crippen LogP contribution in [0.5, 0.6) is 51.7 Å². The highest BCUT2D eigenvalue weighted by atomic mass is 16.4. The number of rotatable bonds is 6. The second kappa shape index (κ2) is 8.73. The summed E-state index contributed by atoms with van der Waals surface area (Å²) in [6, 6.07) is -3.71. The number of nitroso groups, excluding NO2 is 2. The second-order valence-corrected chi connectivity index (χ2v) is 7.50. The number of allylic oxidation sites excluding steroid dienone is 2. The van der Waals surface area contributed by atoms with Gasteiger partial charge in [-0.25, -0.2) is 0 Å². The maximum atomic E-state index is 11.9. The van der Waals surface area contributed by atoms with E-state index in [1.54, 1.807) is 0 Å². The molecule has 2 aromatic rings. The lowest BCUT2D eigenvalue weighted by Crippen LogP contribution is -2.13. The molecule has 0 heterocycles. The van der Waals surface area contributed by atoms with E-state index in [-0.39, 0.29) is 29.5 Å². The Morgan fingerprint density at radius 1 is 0.559 bits per heavy atom. The molecule has 1 aliphatic carbocycles. The molecule has 178 valence electrons. The van der Waals surface area contributed by atoms with E-state index in [0.717, 1.165) is 0 Å². The van der Waals surface area contributed by atoms with Gasteiger partial charge in [-0.2, -0.15) is 0 Å². The molecule has 0 radical (unpaired) electrons. The maximum Gasteiger partial charge on any atom is 0.208 e. The van der Waals surface area contributed by atoms with E-state index >= 15 is 0 Å². The van der Waals surface area contributed by atoms with E-state index in [0.29, 0.717) is 0 Å². The summed E-state index contributed by atoms with van der Waals surface area (Å²) < 4.78 is 0. The van der Waals surface area contributed by atoms with Gasteiger partial charge in [-0.1, -0.05) is 22.5 Å². The van der Waals surface area contributed by atoms with Crippen molar-refractivity contribution in [1.29, 1.82) is 0 Å². The molecule has 9 N–H and O–H groups in total. The number of hydrogen-bond acceptors (Lipinski definition) is 13. The molecule has 0 saturated carbocycles. The lowest BCUT2D eigenvalue weighted by atomic mass is 9.80. The zero-order valence-corrected chi connectivity index (χ0v) is 17.5. The van der Waals surface area contributed by atoms with Gasteiger partial charge in [0.15, 0.2) is 34.5 Å². The van der Waals surface area contributed by atoms with E-state index in [1.807, 2.05) is 0 Å². The zero-order valence-electron chi connectivity index (χ0n) is 17.5. The lowest BCUT2D eigenvalue weighted by Gasteiger charge is -2.26. The molecule has 2 atom stereocenters. The normalized spacial score (nSPS) is 15.2. The van der Waals surface area contributed by atoms with E-state index in [2.05, 4.69) is 10.4 Å². The van der Waals surface area contributed by atoms with Crippen molar-refractivity contribution in [3.05, 3.63) is 44.2 Å². The Labute approximate surface area is 191 Å². The van der Waals surface area contributed by atoms with Crippen LogP contribution < -0.4 is 5.46 Å². The molecule has 0 bridgehead atoms. The largest absolute Gasteiger partial charge is 0.505 e. The van der Waals surface area contributed by atoms with Crippen LogP contribution in [-0.2, 0) is 0 Å². The number of nitrogens with zero attached hydrogens (tertiary/aromatic N) is 2. The zero-order chi connectivity index (χ0) is 25.5. The van der Waals surface area contributed by atoms with Gasteiger partial charge >= 0.3 is 0 Å². The molecule has 2 aromatic carbocycles. The van der Waals surface area contributed by atoms with Crippen LogP contribution in [0, 0.1) is 9.81 Å². The third kappa shape index (κ3) is 3.45. The Morgan fingerprint density at radius 3 is 1.18 bits per heavy atom. The summed E-state index contributed by atoms with van der Waals surface area (Å²) in [5, 5.41) is 96.4. The van der Waals surface area contributed by atoms with Crippen molar-refractivity contribution in [2.75, 3.05) is 0 Å². The van der Waals surface area contributed by atoms with E-state index in [9.17, 15) is 55.8 Å². The van der Waals surface area contributed by atoms with Gasteiger partial charge < -0.3 is 46.0 Å². The molecular weight excluding hydrogens is 455 g/mol. The van der Waals surface area contributed by atoms with Crippen molar-refractivity contribution in [3.8, 4) is 51.7 Å². The van der Waals surface area contributed by atoms with Gasteiger partial charge in [0.25, 0.3) is 0 Å².